The minimum Gasteiger partial charge on any atom is -0.461 e. The molecule has 1 aliphatic rings. The van der Waals surface area contributed by atoms with Gasteiger partial charge in [-0.05, 0) is 19.4 Å². The number of aliphatic imine (C=N–C) groups is 1. The van der Waals surface area contributed by atoms with Crippen LogP contribution >= 0.6 is 12.4 Å². The zero-order chi connectivity index (χ0) is 13.8. The zero-order valence-electron chi connectivity index (χ0n) is 11.4. The van der Waals surface area contributed by atoms with Crippen molar-refractivity contribution in [1.82, 2.24) is 0 Å². The minimum absolute atomic E-state index is 0. The van der Waals surface area contributed by atoms with Crippen LogP contribution in [-0.2, 0) is 14.3 Å². The molecule has 1 heterocycles. The molecule has 5 heteroatoms. The number of ketones is 1. The summed E-state index contributed by atoms with van der Waals surface area (Å²) >= 11 is 0. The maximum atomic E-state index is 12.2. The van der Waals surface area contributed by atoms with Crippen molar-refractivity contribution in [2.45, 2.75) is 13.8 Å². The molecule has 1 aromatic carbocycles. The lowest BCUT2D eigenvalue weighted by molar-refractivity contribution is -0.135. The van der Waals surface area contributed by atoms with Crippen molar-refractivity contribution in [1.29, 1.82) is 0 Å². The first-order valence-electron chi connectivity index (χ1n) is 6.17. The van der Waals surface area contributed by atoms with E-state index >= 15 is 0 Å². The molecular formula is C15H16ClNO3. The number of esters is 1. The Labute approximate surface area is 124 Å². The van der Waals surface area contributed by atoms with Crippen LogP contribution in [0.4, 0.5) is 0 Å². The molecule has 0 bridgehead atoms. The van der Waals surface area contributed by atoms with Crippen molar-refractivity contribution < 1.29 is 14.3 Å². The fourth-order valence-electron chi connectivity index (χ4n) is 1.86. The molecule has 20 heavy (non-hydrogen) atoms. The maximum absolute atomic E-state index is 12.2. The van der Waals surface area contributed by atoms with Gasteiger partial charge in [0, 0.05) is 5.57 Å². The Morgan fingerprint density at radius 3 is 2.55 bits per heavy atom. The van der Waals surface area contributed by atoms with E-state index in [4.69, 9.17) is 4.74 Å². The topological polar surface area (TPSA) is 55.7 Å². The van der Waals surface area contributed by atoms with Crippen molar-refractivity contribution in [3.05, 3.63) is 41.5 Å². The molecule has 0 fully saturated rings. The summed E-state index contributed by atoms with van der Waals surface area (Å²) in [5, 5.41) is 0. The van der Waals surface area contributed by atoms with Gasteiger partial charge in [0.25, 0.3) is 0 Å². The van der Waals surface area contributed by atoms with Crippen LogP contribution in [0.2, 0.25) is 0 Å². The highest BCUT2D eigenvalue weighted by Crippen LogP contribution is 2.19. The van der Waals surface area contributed by atoms with E-state index in [-0.39, 0.29) is 30.5 Å². The second kappa shape index (κ2) is 7.01. The molecule has 0 radical (unpaired) electrons. The van der Waals surface area contributed by atoms with E-state index in [0.717, 1.165) is 11.1 Å². The number of nitrogens with zero attached hydrogens (tertiary/aromatic N) is 1. The first-order chi connectivity index (χ1) is 9.13. The summed E-state index contributed by atoms with van der Waals surface area (Å²) in [6.07, 6.45) is 1.73. The molecule has 0 aromatic heterocycles. The van der Waals surface area contributed by atoms with Gasteiger partial charge >= 0.3 is 5.97 Å². The van der Waals surface area contributed by atoms with Crippen molar-refractivity contribution >= 4 is 35.4 Å². The summed E-state index contributed by atoms with van der Waals surface area (Å²) in [5.41, 5.74) is 2.32. The molecule has 2 rings (SSSR count). The SMILES string of the molecule is CCOC(=O)C1=NCC=C(c2ccc(C)cc2)C1=O.Cl. The van der Waals surface area contributed by atoms with Gasteiger partial charge < -0.3 is 4.74 Å². The van der Waals surface area contributed by atoms with Gasteiger partial charge in [-0.3, -0.25) is 9.79 Å². The Morgan fingerprint density at radius 1 is 1.30 bits per heavy atom. The van der Waals surface area contributed by atoms with Crippen molar-refractivity contribution in [3.63, 3.8) is 0 Å². The lowest BCUT2D eigenvalue weighted by atomic mass is 9.96. The molecule has 0 spiro atoms. The van der Waals surface area contributed by atoms with Gasteiger partial charge in [0.15, 0.2) is 5.71 Å². The van der Waals surface area contributed by atoms with Gasteiger partial charge in [-0.1, -0.05) is 35.9 Å². The summed E-state index contributed by atoms with van der Waals surface area (Å²) in [4.78, 5) is 27.8. The van der Waals surface area contributed by atoms with E-state index in [0.29, 0.717) is 12.1 Å². The highest BCUT2D eigenvalue weighted by atomic mass is 35.5. The Hall–Kier alpha value is -1.94. The van der Waals surface area contributed by atoms with Crippen LogP contribution in [0.15, 0.2) is 35.3 Å². The molecule has 1 aliphatic heterocycles. The first kappa shape index (κ1) is 16.1. The Bertz CT molecular complexity index is 573. The summed E-state index contributed by atoms with van der Waals surface area (Å²) in [7, 11) is 0. The average molecular weight is 294 g/mol. The Morgan fingerprint density at radius 2 is 1.95 bits per heavy atom. The molecule has 0 unspecified atom stereocenters. The van der Waals surface area contributed by atoms with Crippen LogP contribution in [0, 0.1) is 6.92 Å². The van der Waals surface area contributed by atoms with E-state index in [2.05, 4.69) is 4.99 Å². The third-order valence-electron chi connectivity index (χ3n) is 2.84. The number of aryl methyl sites for hydroxylation is 1. The Balaban J connectivity index is 0.00000200. The second-order valence-corrected chi connectivity index (χ2v) is 4.22. The molecule has 0 saturated heterocycles. The molecule has 0 aliphatic carbocycles. The van der Waals surface area contributed by atoms with Gasteiger partial charge in [-0.25, -0.2) is 4.79 Å². The summed E-state index contributed by atoms with van der Waals surface area (Å²) in [6.45, 7) is 4.23. The number of rotatable bonds is 3. The number of allylic oxidation sites excluding steroid dienone is 1. The van der Waals surface area contributed by atoms with Gasteiger partial charge in [0.1, 0.15) is 0 Å². The van der Waals surface area contributed by atoms with Crippen LogP contribution in [0.3, 0.4) is 0 Å². The summed E-state index contributed by atoms with van der Waals surface area (Å²) in [6, 6.07) is 7.60. The second-order valence-electron chi connectivity index (χ2n) is 4.22. The summed E-state index contributed by atoms with van der Waals surface area (Å²) < 4.78 is 4.84. The number of ether oxygens (including phenoxy) is 1. The van der Waals surface area contributed by atoms with Crippen LogP contribution in [0.25, 0.3) is 5.57 Å². The minimum atomic E-state index is -0.648. The fraction of sp³-hybridized carbons (Fsp3) is 0.267. The molecule has 106 valence electrons. The van der Waals surface area contributed by atoms with Crippen LogP contribution < -0.4 is 0 Å². The van der Waals surface area contributed by atoms with Gasteiger partial charge in [-0.15, -0.1) is 12.4 Å². The predicted molar refractivity (Wildman–Crippen MR) is 80.3 cm³/mol. The Kier molecular flexibility index (Phi) is 5.65. The molecular weight excluding hydrogens is 278 g/mol. The number of halogens is 1. The highest BCUT2D eigenvalue weighted by molar-refractivity contribution is 6.73. The van der Waals surface area contributed by atoms with E-state index < -0.39 is 5.97 Å². The molecule has 1 aromatic rings. The van der Waals surface area contributed by atoms with Crippen molar-refractivity contribution in [2.75, 3.05) is 13.2 Å². The van der Waals surface area contributed by atoms with E-state index in [1.807, 2.05) is 31.2 Å². The normalized spacial score (nSPS) is 14.0. The number of Topliss-reactive ketones (excluding diaryl/α,β-unsaturated/α-hetero) is 1. The number of benzene rings is 1. The molecule has 0 amide bonds. The third kappa shape index (κ3) is 3.33. The number of carbonyl (C=O) groups is 2. The quantitative estimate of drug-likeness (QED) is 0.804. The average Bonchev–Trinajstić information content (AvgIpc) is 2.40. The van der Waals surface area contributed by atoms with Gasteiger partial charge in [0.05, 0.1) is 13.2 Å². The van der Waals surface area contributed by atoms with E-state index in [9.17, 15) is 9.59 Å². The number of carbonyl (C=O) groups excluding carboxylic acids is 2. The third-order valence-corrected chi connectivity index (χ3v) is 2.84. The summed E-state index contributed by atoms with van der Waals surface area (Å²) in [5.74, 6) is -1.02. The largest absolute Gasteiger partial charge is 0.461 e. The van der Waals surface area contributed by atoms with Gasteiger partial charge in [0.2, 0.25) is 5.78 Å². The molecule has 4 nitrogen and oxygen atoms in total. The fourth-order valence-corrected chi connectivity index (χ4v) is 1.86. The smallest absolute Gasteiger partial charge is 0.360 e. The number of hydrogen-bond acceptors (Lipinski definition) is 4. The lowest BCUT2D eigenvalue weighted by Gasteiger charge is -2.12. The van der Waals surface area contributed by atoms with Crippen molar-refractivity contribution in [3.8, 4) is 0 Å². The van der Waals surface area contributed by atoms with E-state index in [1.54, 1.807) is 13.0 Å². The predicted octanol–water partition coefficient (Wildman–Crippen LogP) is 2.39. The number of dihydropyridines is 1. The molecule has 0 atom stereocenters. The maximum Gasteiger partial charge on any atom is 0.360 e. The lowest BCUT2D eigenvalue weighted by Crippen LogP contribution is -2.29. The van der Waals surface area contributed by atoms with Gasteiger partial charge in [-0.2, -0.15) is 0 Å². The molecule has 0 saturated carbocycles. The number of hydrogen-bond donors (Lipinski definition) is 0. The standard InChI is InChI=1S/C15H15NO3.ClH/c1-3-19-15(18)13-14(17)12(8-9-16-13)11-6-4-10(2)5-7-11;/h4-8H,3,9H2,1-2H3;1H. The van der Waals surface area contributed by atoms with Crippen LogP contribution in [-0.4, -0.2) is 30.6 Å². The molecule has 0 N–H and O–H groups in total. The van der Waals surface area contributed by atoms with E-state index in [1.165, 1.54) is 0 Å². The first-order valence-corrected chi connectivity index (χ1v) is 6.17. The monoisotopic (exact) mass is 293 g/mol. The van der Waals surface area contributed by atoms with Crippen molar-refractivity contribution in [2.24, 2.45) is 4.99 Å². The highest BCUT2D eigenvalue weighted by Gasteiger charge is 2.27. The van der Waals surface area contributed by atoms with Crippen LogP contribution in [0.1, 0.15) is 18.1 Å². The zero-order valence-corrected chi connectivity index (χ0v) is 12.2. The van der Waals surface area contributed by atoms with Crippen LogP contribution in [0.5, 0.6) is 0 Å².